The van der Waals surface area contributed by atoms with E-state index >= 15 is 4.39 Å². The minimum absolute atomic E-state index is 0. The Morgan fingerprint density at radius 3 is 2.75 bits per heavy atom. The number of carbonyl (C=O) groups excluding carboxylic acids is 1. The van der Waals surface area contributed by atoms with Crippen LogP contribution in [0.25, 0.3) is 27.3 Å². The SMILES string of the molecule is CC1CN2c3c(cnc4c(F)c(-c5c(O)cccc5F)c(Cl)cc34)N(C)C(=O)C2C[N-]1.[W]. The van der Waals surface area contributed by atoms with Gasteiger partial charge in [-0.05, 0) is 18.2 Å². The van der Waals surface area contributed by atoms with Crippen LogP contribution in [0.2, 0.25) is 5.02 Å². The van der Waals surface area contributed by atoms with Crippen LogP contribution in [0.5, 0.6) is 5.75 Å². The second kappa shape index (κ2) is 8.25. The summed E-state index contributed by atoms with van der Waals surface area (Å²) in [7, 11) is 1.65. The molecule has 1 N–H and O–H groups in total. The normalized spacial score (nSPS) is 20.1. The van der Waals surface area contributed by atoms with Crippen LogP contribution < -0.4 is 9.80 Å². The maximum absolute atomic E-state index is 15.7. The number of phenolic OH excluding ortho intramolecular Hbond substituents is 1. The number of hydrogen-bond donors (Lipinski definition) is 1. The van der Waals surface area contributed by atoms with E-state index in [-0.39, 0.29) is 54.7 Å². The molecule has 1 fully saturated rings. The summed E-state index contributed by atoms with van der Waals surface area (Å²) < 4.78 is 30.1. The number of aromatic nitrogens is 1. The van der Waals surface area contributed by atoms with Crippen LogP contribution in [0.1, 0.15) is 6.92 Å². The van der Waals surface area contributed by atoms with Crippen molar-refractivity contribution in [3.8, 4) is 16.9 Å². The van der Waals surface area contributed by atoms with E-state index in [2.05, 4.69) is 10.3 Å². The van der Waals surface area contributed by atoms with Gasteiger partial charge in [0.1, 0.15) is 17.1 Å². The summed E-state index contributed by atoms with van der Waals surface area (Å²) >= 11 is 6.44. The number of piperazine rings is 1. The molecular formula is C22H18ClF2N4O2W-. The number of carbonyl (C=O) groups is 1. The zero-order chi connectivity index (χ0) is 22.0. The van der Waals surface area contributed by atoms with E-state index in [0.29, 0.717) is 29.9 Å². The van der Waals surface area contributed by atoms with Gasteiger partial charge in [0.2, 0.25) is 5.91 Å². The Balaban J connectivity index is 0.00000245. The third-order valence-corrected chi connectivity index (χ3v) is 6.24. The number of likely N-dealkylation sites (N-methyl/N-ethyl adjacent to an activating group) is 1. The number of benzene rings is 2. The van der Waals surface area contributed by atoms with Crippen LogP contribution >= 0.6 is 11.6 Å². The summed E-state index contributed by atoms with van der Waals surface area (Å²) in [6.45, 7) is 2.78. The number of phenols is 1. The second-order valence-corrected chi connectivity index (χ2v) is 8.26. The van der Waals surface area contributed by atoms with Gasteiger partial charge < -0.3 is 20.2 Å². The van der Waals surface area contributed by atoms with Crippen LogP contribution in [-0.4, -0.2) is 48.2 Å². The number of nitrogens with zero attached hydrogens (tertiary/aromatic N) is 4. The molecule has 1 aromatic heterocycles. The maximum atomic E-state index is 15.7. The first-order valence-electron chi connectivity index (χ1n) is 9.79. The summed E-state index contributed by atoms with van der Waals surface area (Å²) in [6, 6.07) is 4.74. The van der Waals surface area contributed by atoms with Crippen molar-refractivity contribution >= 4 is 39.8 Å². The number of hydrogen-bond acceptors (Lipinski definition) is 4. The monoisotopic (exact) mass is 627 g/mol. The third-order valence-electron chi connectivity index (χ3n) is 5.94. The summed E-state index contributed by atoms with van der Waals surface area (Å²) in [6.07, 6.45) is 1.43. The number of amides is 1. The maximum Gasteiger partial charge on any atom is 0.247 e. The van der Waals surface area contributed by atoms with Gasteiger partial charge in [0, 0.05) is 45.6 Å². The van der Waals surface area contributed by atoms with Gasteiger partial charge in [-0.25, -0.2) is 8.78 Å². The van der Waals surface area contributed by atoms with Crippen molar-refractivity contribution in [2.75, 3.05) is 29.9 Å². The number of pyridine rings is 1. The Morgan fingerprint density at radius 2 is 2.03 bits per heavy atom. The number of rotatable bonds is 1. The van der Waals surface area contributed by atoms with Gasteiger partial charge in [0.25, 0.3) is 0 Å². The number of halogens is 3. The topological polar surface area (TPSA) is 70.8 Å². The molecule has 2 aliphatic heterocycles. The fraction of sp³-hybridized carbons (Fsp3) is 0.273. The first-order chi connectivity index (χ1) is 14.8. The van der Waals surface area contributed by atoms with E-state index in [0.717, 1.165) is 6.07 Å². The van der Waals surface area contributed by atoms with Gasteiger partial charge in [-0.3, -0.25) is 9.78 Å². The number of anilines is 2. The minimum atomic E-state index is -0.837. The molecule has 0 bridgehead atoms. The molecule has 3 aromatic rings. The molecule has 10 heteroatoms. The van der Waals surface area contributed by atoms with Crippen molar-refractivity contribution in [2.24, 2.45) is 0 Å². The molecular weight excluding hydrogens is 610 g/mol. The molecule has 2 aliphatic rings. The average Bonchev–Trinajstić information content (AvgIpc) is 2.73. The molecule has 0 aliphatic carbocycles. The Kier molecular flexibility index (Phi) is 5.90. The number of aromatic hydroxyl groups is 1. The summed E-state index contributed by atoms with van der Waals surface area (Å²) in [5, 5.41) is 15.0. The first kappa shape index (κ1) is 22.9. The van der Waals surface area contributed by atoms with Gasteiger partial charge in [-0.2, -0.15) is 0 Å². The van der Waals surface area contributed by atoms with E-state index in [1.807, 2.05) is 11.8 Å². The Bertz CT molecular complexity index is 1240. The van der Waals surface area contributed by atoms with Gasteiger partial charge in [-0.1, -0.05) is 24.6 Å². The molecule has 2 atom stereocenters. The molecule has 2 unspecified atom stereocenters. The molecule has 0 spiro atoms. The van der Waals surface area contributed by atoms with Gasteiger partial charge in [0.15, 0.2) is 5.82 Å². The van der Waals surface area contributed by atoms with Crippen LogP contribution in [-0.2, 0) is 25.9 Å². The zero-order valence-corrected chi connectivity index (χ0v) is 20.8. The van der Waals surface area contributed by atoms with Crippen molar-refractivity contribution in [1.29, 1.82) is 0 Å². The molecule has 32 heavy (non-hydrogen) atoms. The Labute approximate surface area is 202 Å². The predicted molar refractivity (Wildman–Crippen MR) is 116 cm³/mol. The van der Waals surface area contributed by atoms with E-state index < -0.39 is 23.4 Å². The Morgan fingerprint density at radius 1 is 1.28 bits per heavy atom. The van der Waals surface area contributed by atoms with Gasteiger partial charge >= 0.3 is 0 Å². The third kappa shape index (κ3) is 3.28. The fourth-order valence-corrected chi connectivity index (χ4v) is 4.71. The van der Waals surface area contributed by atoms with Gasteiger partial charge in [-0.15, -0.1) is 12.6 Å². The summed E-state index contributed by atoms with van der Waals surface area (Å²) in [5.41, 5.74) is 0.597. The summed E-state index contributed by atoms with van der Waals surface area (Å²) in [5.74, 6) is -2.16. The van der Waals surface area contributed by atoms with Crippen molar-refractivity contribution in [3.63, 3.8) is 0 Å². The van der Waals surface area contributed by atoms with E-state index in [9.17, 15) is 14.3 Å². The number of fused-ring (bicyclic) bond motifs is 5. The first-order valence-corrected chi connectivity index (χ1v) is 10.2. The van der Waals surface area contributed by atoms with Crippen LogP contribution in [0.15, 0.2) is 30.5 Å². The van der Waals surface area contributed by atoms with Crippen molar-refractivity contribution in [3.05, 3.63) is 52.4 Å². The van der Waals surface area contributed by atoms with Crippen molar-refractivity contribution in [1.82, 2.24) is 4.98 Å². The summed E-state index contributed by atoms with van der Waals surface area (Å²) in [4.78, 5) is 20.5. The molecule has 1 saturated heterocycles. The van der Waals surface area contributed by atoms with Gasteiger partial charge in [0.05, 0.1) is 34.2 Å². The van der Waals surface area contributed by atoms with Crippen LogP contribution in [0.4, 0.5) is 20.2 Å². The fourth-order valence-electron chi connectivity index (χ4n) is 4.43. The average molecular weight is 628 g/mol. The van der Waals surface area contributed by atoms with Crippen molar-refractivity contribution < 1.29 is 39.7 Å². The molecule has 1 amide bonds. The largest absolute Gasteiger partial charge is 0.656 e. The van der Waals surface area contributed by atoms with Crippen LogP contribution in [0, 0.1) is 11.6 Å². The molecule has 0 saturated carbocycles. The molecule has 166 valence electrons. The van der Waals surface area contributed by atoms with E-state index in [1.54, 1.807) is 7.05 Å². The predicted octanol–water partition coefficient (Wildman–Crippen LogP) is 4.46. The minimum Gasteiger partial charge on any atom is -0.656 e. The molecule has 2 aromatic carbocycles. The molecule has 0 radical (unpaired) electrons. The standard InChI is InChI=1S/C22H18ClF2N4O2.W/c1-10-9-29-15(8-26-10)22(31)28(2)14-7-27-20-11(21(14)29)6-12(23)17(19(20)25)18-13(24)4-3-5-16(18)30;/h3-7,10,15,30H,8-9H2,1-2H3;/q-1;. The second-order valence-electron chi connectivity index (χ2n) is 7.85. The van der Waals surface area contributed by atoms with Crippen LogP contribution in [0.3, 0.4) is 0 Å². The Hall–Kier alpha value is -2.28. The quantitative estimate of drug-likeness (QED) is 0.433. The molecule has 3 heterocycles. The van der Waals surface area contributed by atoms with E-state index in [4.69, 9.17) is 11.6 Å². The van der Waals surface area contributed by atoms with E-state index in [1.165, 1.54) is 29.3 Å². The zero-order valence-electron chi connectivity index (χ0n) is 17.1. The smallest absolute Gasteiger partial charge is 0.247 e. The molecule has 6 nitrogen and oxygen atoms in total. The molecule has 5 rings (SSSR count). The van der Waals surface area contributed by atoms with Crippen molar-refractivity contribution in [2.45, 2.75) is 19.0 Å².